The van der Waals surface area contributed by atoms with E-state index in [9.17, 15) is 13.2 Å². The molecule has 1 saturated carbocycles. The van der Waals surface area contributed by atoms with Gasteiger partial charge < -0.3 is 5.73 Å². The zero-order valence-corrected chi connectivity index (χ0v) is 6.02. The van der Waals surface area contributed by atoms with Crippen molar-refractivity contribution in [1.82, 2.24) is 0 Å². The summed E-state index contributed by atoms with van der Waals surface area (Å²) in [6, 6.07) is 0. The molecule has 5 nitrogen and oxygen atoms in total. The van der Waals surface area contributed by atoms with Gasteiger partial charge in [0.05, 0.1) is 0 Å². The van der Waals surface area contributed by atoms with Gasteiger partial charge in [-0.25, -0.2) is 13.6 Å². The molecule has 0 aliphatic heterocycles. The molecular weight excluding hydrogens is 156 g/mol. The van der Waals surface area contributed by atoms with E-state index < -0.39 is 20.7 Å². The standard InChI is InChI=1S/C4H8N2O3S/c5-3(7)4(1-2-4)10(6,8)9/h1-2H2,(H2,5,7)(H2,6,8,9). The lowest BCUT2D eigenvalue weighted by atomic mass is 10.4. The summed E-state index contributed by atoms with van der Waals surface area (Å²) >= 11 is 0. The molecule has 1 aliphatic carbocycles. The number of nitrogens with two attached hydrogens (primary N) is 2. The Morgan fingerprint density at radius 1 is 1.40 bits per heavy atom. The molecule has 0 bridgehead atoms. The molecule has 0 heterocycles. The van der Waals surface area contributed by atoms with Gasteiger partial charge in [-0.3, -0.25) is 4.79 Å². The summed E-state index contributed by atoms with van der Waals surface area (Å²) in [6.45, 7) is 0. The van der Waals surface area contributed by atoms with Gasteiger partial charge in [-0.05, 0) is 12.8 Å². The van der Waals surface area contributed by atoms with Gasteiger partial charge >= 0.3 is 0 Å². The van der Waals surface area contributed by atoms with Crippen LogP contribution in [0.1, 0.15) is 12.8 Å². The van der Waals surface area contributed by atoms with E-state index >= 15 is 0 Å². The Balaban J connectivity index is 3.02. The predicted molar refractivity (Wildman–Crippen MR) is 34.3 cm³/mol. The second-order valence-electron chi connectivity index (χ2n) is 2.40. The van der Waals surface area contributed by atoms with Crippen molar-refractivity contribution < 1.29 is 13.2 Å². The van der Waals surface area contributed by atoms with E-state index in [0.717, 1.165) is 0 Å². The van der Waals surface area contributed by atoms with Crippen LogP contribution in [0.5, 0.6) is 0 Å². The SMILES string of the molecule is NC(=O)C1(S(N)(=O)=O)CC1. The molecule has 0 saturated heterocycles. The van der Waals surface area contributed by atoms with Gasteiger partial charge in [0, 0.05) is 0 Å². The highest BCUT2D eigenvalue weighted by Crippen LogP contribution is 2.41. The lowest BCUT2D eigenvalue weighted by Gasteiger charge is -2.05. The predicted octanol–water partition coefficient (Wildman–Crippen LogP) is -1.71. The van der Waals surface area contributed by atoms with Crippen LogP contribution in [0.2, 0.25) is 0 Å². The Hall–Kier alpha value is -0.620. The minimum absolute atomic E-state index is 0.265. The van der Waals surface area contributed by atoms with E-state index in [2.05, 4.69) is 0 Å². The second-order valence-corrected chi connectivity index (χ2v) is 4.28. The molecule has 0 aromatic rings. The van der Waals surface area contributed by atoms with E-state index in [0.29, 0.717) is 0 Å². The van der Waals surface area contributed by atoms with Crippen molar-refractivity contribution in [2.75, 3.05) is 0 Å². The lowest BCUT2D eigenvalue weighted by Crippen LogP contribution is -2.42. The molecule has 0 atom stereocenters. The van der Waals surface area contributed by atoms with Gasteiger partial charge in [-0.15, -0.1) is 0 Å². The minimum atomic E-state index is -3.77. The molecule has 58 valence electrons. The van der Waals surface area contributed by atoms with Crippen molar-refractivity contribution in [3.63, 3.8) is 0 Å². The van der Waals surface area contributed by atoms with Crippen LogP contribution in [0.25, 0.3) is 0 Å². The molecule has 1 fully saturated rings. The number of primary amides is 1. The van der Waals surface area contributed by atoms with Crippen molar-refractivity contribution in [3.05, 3.63) is 0 Å². The second kappa shape index (κ2) is 1.70. The van der Waals surface area contributed by atoms with Gasteiger partial charge in [-0.2, -0.15) is 0 Å². The molecule has 0 radical (unpaired) electrons. The first-order chi connectivity index (χ1) is 4.40. The summed E-state index contributed by atoms with van der Waals surface area (Å²) in [5.74, 6) is -0.838. The number of carbonyl (C=O) groups excluding carboxylic acids is 1. The van der Waals surface area contributed by atoms with E-state index in [1.54, 1.807) is 0 Å². The maximum Gasteiger partial charge on any atom is 0.240 e. The summed E-state index contributed by atoms with van der Waals surface area (Å²) in [6.07, 6.45) is 0.530. The average Bonchev–Trinajstić information content (AvgIpc) is 2.36. The third-order valence-corrected chi connectivity index (χ3v) is 3.40. The summed E-state index contributed by atoms with van der Waals surface area (Å²) in [4.78, 5) is 10.5. The van der Waals surface area contributed by atoms with Crippen LogP contribution in [0.15, 0.2) is 0 Å². The first-order valence-electron chi connectivity index (χ1n) is 2.72. The number of sulfonamides is 1. The smallest absolute Gasteiger partial charge is 0.240 e. The largest absolute Gasteiger partial charge is 0.368 e. The third kappa shape index (κ3) is 0.800. The zero-order chi connectivity index (χ0) is 7.99. The van der Waals surface area contributed by atoms with Crippen molar-refractivity contribution in [3.8, 4) is 0 Å². The van der Waals surface area contributed by atoms with E-state index in [1.165, 1.54) is 0 Å². The molecule has 4 N–H and O–H groups in total. The van der Waals surface area contributed by atoms with Gasteiger partial charge in [0.2, 0.25) is 15.9 Å². The Morgan fingerprint density at radius 3 is 1.80 bits per heavy atom. The van der Waals surface area contributed by atoms with Crippen LogP contribution in [0, 0.1) is 0 Å². The third-order valence-electron chi connectivity index (χ3n) is 1.70. The summed E-state index contributed by atoms with van der Waals surface area (Å²) < 4.78 is 19.8. The number of carbonyl (C=O) groups is 1. The van der Waals surface area contributed by atoms with Crippen LogP contribution in [-0.4, -0.2) is 19.1 Å². The van der Waals surface area contributed by atoms with Crippen molar-refractivity contribution in [2.24, 2.45) is 10.9 Å². The highest BCUT2D eigenvalue weighted by atomic mass is 32.2. The summed E-state index contributed by atoms with van der Waals surface area (Å²) in [7, 11) is -3.77. The Morgan fingerprint density at radius 2 is 1.80 bits per heavy atom. The van der Waals surface area contributed by atoms with Gasteiger partial charge in [0.25, 0.3) is 0 Å². The summed E-state index contributed by atoms with van der Waals surface area (Å²) in [5.41, 5.74) is 4.82. The van der Waals surface area contributed by atoms with Gasteiger partial charge in [0.15, 0.2) is 4.75 Å². The number of amides is 1. The fraction of sp³-hybridized carbons (Fsp3) is 0.750. The molecule has 0 aromatic carbocycles. The monoisotopic (exact) mass is 164 g/mol. The summed E-state index contributed by atoms with van der Waals surface area (Å²) in [5, 5.41) is 4.75. The normalized spacial score (nSPS) is 22.1. The average molecular weight is 164 g/mol. The number of primary sulfonamides is 1. The molecule has 1 aliphatic rings. The van der Waals surface area contributed by atoms with Crippen LogP contribution in [-0.2, 0) is 14.8 Å². The molecule has 1 rings (SSSR count). The van der Waals surface area contributed by atoms with Crippen LogP contribution in [0.3, 0.4) is 0 Å². The van der Waals surface area contributed by atoms with Crippen molar-refractivity contribution in [1.29, 1.82) is 0 Å². The number of hydrogen-bond acceptors (Lipinski definition) is 3. The molecule has 1 amide bonds. The van der Waals surface area contributed by atoms with Crippen molar-refractivity contribution >= 4 is 15.9 Å². The van der Waals surface area contributed by atoms with E-state index in [-0.39, 0.29) is 12.8 Å². The Bertz CT molecular complexity index is 264. The van der Waals surface area contributed by atoms with E-state index in [4.69, 9.17) is 10.9 Å². The van der Waals surface area contributed by atoms with E-state index in [1.807, 2.05) is 0 Å². The first-order valence-corrected chi connectivity index (χ1v) is 4.27. The maximum atomic E-state index is 10.6. The zero-order valence-electron chi connectivity index (χ0n) is 5.20. The molecule has 0 unspecified atom stereocenters. The number of hydrogen-bond donors (Lipinski definition) is 2. The van der Waals surface area contributed by atoms with Crippen molar-refractivity contribution in [2.45, 2.75) is 17.6 Å². The molecule has 6 heteroatoms. The quantitative estimate of drug-likeness (QED) is 0.508. The molecular formula is C4H8N2O3S. The topological polar surface area (TPSA) is 103 Å². The maximum absolute atomic E-state index is 10.6. The fourth-order valence-corrected chi connectivity index (χ4v) is 1.74. The molecule has 0 spiro atoms. The highest BCUT2D eigenvalue weighted by Gasteiger charge is 2.58. The van der Waals surface area contributed by atoms with Crippen LogP contribution in [0.4, 0.5) is 0 Å². The minimum Gasteiger partial charge on any atom is -0.368 e. The Labute approximate surface area is 58.4 Å². The fourth-order valence-electron chi connectivity index (χ4n) is 0.785. The first kappa shape index (κ1) is 7.49. The lowest BCUT2D eigenvalue weighted by molar-refractivity contribution is -0.118. The van der Waals surface area contributed by atoms with Crippen LogP contribution < -0.4 is 10.9 Å². The van der Waals surface area contributed by atoms with Crippen LogP contribution >= 0.6 is 0 Å². The number of rotatable bonds is 2. The Kier molecular flexibility index (Phi) is 1.27. The highest BCUT2D eigenvalue weighted by molar-refractivity contribution is 7.91. The van der Waals surface area contributed by atoms with Gasteiger partial charge in [-0.1, -0.05) is 0 Å². The van der Waals surface area contributed by atoms with Gasteiger partial charge in [0.1, 0.15) is 0 Å². The molecule has 0 aromatic heterocycles. The molecule has 10 heavy (non-hydrogen) atoms.